The van der Waals surface area contributed by atoms with E-state index in [0.29, 0.717) is 72.3 Å². The molecule has 0 spiro atoms. The van der Waals surface area contributed by atoms with Gasteiger partial charge in [-0.2, -0.15) is 0 Å². The quantitative estimate of drug-likeness (QED) is 0.0650. The van der Waals surface area contributed by atoms with Gasteiger partial charge in [0.25, 0.3) is 0 Å². The predicted molar refractivity (Wildman–Crippen MR) is 295 cm³/mol. The van der Waals surface area contributed by atoms with E-state index in [2.05, 4.69) is 45.0 Å². The average molecular weight is 1050 g/mol. The van der Waals surface area contributed by atoms with Crippen LogP contribution in [-0.4, -0.2) is 80.1 Å². The fraction of sp³-hybridized carbons (Fsp3) is 0.400. The summed E-state index contributed by atoms with van der Waals surface area (Å²) in [5.74, 6) is 0.161. The van der Waals surface area contributed by atoms with Gasteiger partial charge in [0.2, 0.25) is 6.29 Å². The Balaban J connectivity index is 0.000000168. The van der Waals surface area contributed by atoms with Crippen LogP contribution in [0.5, 0.6) is 0 Å². The maximum absolute atomic E-state index is 11.4. The Kier molecular flexibility index (Phi) is 24.9. The van der Waals surface area contributed by atoms with E-state index in [1.807, 2.05) is 164 Å². The van der Waals surface area contributed by atoms with Gasteiger partial charge in [-0.3, -0.25) is 4.79 Å². The summed E-state index contributed by atoms with van der Waals surface area (Å²) >= 11 is 0. The number of carbonyl (C=O) groups excluding carboxylic acids is 1. The summed E-state index contributed by atoms with van der Waals surface area (Å²) in [6, 6.07) is 60.6. The van der Waals surface area contributed by atoms with Crippen LogP contribution < -0.4 is 0 Å². The monoisotopic (exact) mass is 1050 g/mol. The lowest BCUT2D eigenvalue weighted by atomic mass is 9.92. The van der Waals surface area contributed by atoms with Crippen LogP contribution in [-0.2, 0) is 91.8 Å². The van der Waals surface area contributed by atoms with Crippen molar-refractivity contribution in [3.05, 3.63) is 228 Å². The molecule has 77 heavy (non-hydrogen) atoms. The first-order chi connectivity index (χ1) is 37.7. The highest BCUT2D eigenvalue weighted by molar-refractivity contribution is 5.66. The van der Waals surface area contributed by atoms with Gasteiger partial charge in [-0.05, 0) is 39.5 Å². The number of benzene rings is 6. The van der Waals surface area contributed by atoms with Gasteiger partial charge in [0.05, 0.1) is 96.2 Å². The van der Waals surface area contributed by atoms with Gasteiger partial charge in [-0.15, -0.1) is 0 Å². The first-order valence-corrected chi connectivity index (χ1v) is 27.0. The lowest BCUT2D eigenvalue weighted by Crippen LogP contribution is -2.47. The molecule has 0 aliphatic carbocycles. The second-order valence-electron chi connectivity index (χ2n) is 19.8. The Bertz CT molecular complexity index is 2520. The van der Waals surface area contributed by atoms with Crippen molar-refractivity contribution in [2.75, 3.05) is 19.8 Å². The zero-order valence-corrected chi connectivity index (χ0v) is 45.0. The van der Waals surface area contributed by atoms with E-state index in [-0.39, 0.29) is 60.3 Å². The number of aliphatic hydroxyl groups is 1. The third kappa shape index (κ3) is 20.7. The number of ether oxygens (including phenoxy) is 10. The third-order valence-electron chi connectivity index (χ3n) is 13.9. The molecule has 410 valence electrons. The van der Waals surface area contributed by atoms with Gasteiger partial charge in [0, 0.05) is 37.5 Å². The Labute approximate surface area is 456 Å². The highest BCUT2D eigenvalue weighted by atomic mass is 16.7. The van der Waals surface area contributed by atoms with Crippen LogP contribution in [0.4, 0.5) is 0 Å². The van der Waals surface area contributed by atoms with E-state index in [0.717, 1.165) is 22.3 Å². The number of esters is 1. The second-order valence-corrected chi connectivity index (χ2v) is 19.8. The highest BCUT2D eigenvalue weighted by Gasteiger charge is 2.39. The van der Waals surface area contributed by atoms with Crippen LogP contribution in [0, 0.1) is 17.8 Å². The molecule has 0 radical (unpaired) electrons. The lowest BCUT2D eigenvalue weighted by molar-refractivity contribution is -0.245. The van der Waals surface area contributed by atoms with Crippen LogP contribution in [0.3, 0.4) is 0 Å². The van der Waals surface area contributed by atoms with Crippen LogP contribution >= 0.6 is 0 Å². The van der Waals surface area contributed by atoms with Gasteiger partial charge in [-0.1, -0.05) is 203 Å². The Hall–Kier alpha value is -6.03. The molecular weight excluding hydrogens is 973 g/mol. The molecule has 11 unspecified atom stereocenters. The minimum atomic E-state index is -0.803. The fourth-order valence-corrected chi connectivity index (χ4v) is 9.19. The Morgan fingerprint density at radius 2 is 0.805 bits per heavy atom. The van der Waals surface area contributed by atoms with Gasteiger partial charge in [0.1, 0.15) is 6.10 Å². The molecule has 2 fully saturated rings. The fourth-order valence-electron chi connectivity index (χ4n) is 9.19. The zero-order valence-electron chi connectivity index (χ0n) is 45.0. The summed E-state index contributed by atoms with van der Waals surface area (Å²) in [6.07, 6.45) is 2.87. The maximum Gasteiger partial charge on any atom is 0.304 e. The van der Waals surface area contributed by atoms with Crippen molar-refractivity contribution in [1.82, 2.24) is 0 Å². The van der Waals surface area contributed by atoms with E-state index < -0.39 is 12.6 Å². The molecule has 1 N–H and O–H groups in total. The van der Waals surface area contributed by atoms with E-state index in [9.17, 15) is 9.90 Å². The topological polar surface area (TPSA) is 130 Å². The maximum atomic E-state index is 11.4. The number of carbonyl (C=O) groups is 1. The normalized spacial score (nSPS) is 24.7. The first kappa shape index (κ1) is 58.6. The Morgan fingerprint density at radius 1 is 0.455 bits per heavy atom. The molecule has 3 aliphatic heterocycles. The van der Waals surface area contributed by atoms with Crippen molar-refractivity contribution in [2.45, 2.75) is 129 Å². The molecule has 12 heteroatoms. The molecule has 0 saturated carbocycles. The lowest BCUT2D eigenvalue weighted by Gasteiger charge is -2.39. The number of hydrogen-bond donors (Lipinski definition) is 1. The summed E-state index contributed by atoms with van der Waals surface area (Å²) < 4.78 is 58.5. The molecule has 0 aromatic heterocycles. The standard InChI is InChI=1S/C23H28O5.C21H26O4.C21H24O3/c1-17-21(26-15-20-11-7-4-8-12-20)13-23(27-18(2)24)28-22(17)16-25-14-19-9-5-3-6-10-19;1-16-19(24-14-18-10-6-3-7-11-18)12-21(22)25-20(16)15-23-13-17-8-4-2-5-9-17;1-17-20(24-15-19-10-6-3-7-11-19)12-13-23-21(17)16-22-14-18-8-4-2-5-9-18/h3-12,17,21-23H,13-16H2,1-2H3;2-11,16,19-22H,12-15H2,1H3;2-13,17,20-21H,14-16H2,1H3. The zero-order chi connectivity index (χ0) is 53.9. The van der Waals surface area contributed by atoms with Crippen LogP contribution in [0.1, 0.15) is 73.9 Å². The summed E-state index contributed by atoms with van der Waals surface area (Å²) in [5.41, 5.74) is 6.84. The van der Waals surface area contributed by atoms with Crippen LogP contribution in [0.2, 0.25) is 0 Å². The molecule has 0 bridgehead atoms. The SMILES string of the molecule is CC(=O)OC1CC(OCc2ccccc2)C(C)C(COCc2ccccc2)O1.CC1C(OCc2ccccc2)C=COC1COCc1ccccc1.CC1C(OCc2ccccc2)CC(O)OC1COCc1ccccc1. The molecule has 3 aliphatic rings. The number of aliphatic hydroxyl groups excluding tert-OH is 1. The summed E-state index contributed by atoms with van der Waals surface area (Å²) in [7, 11) is 0. The van der Waals surface area contributed by atoms with Crippen LogP contribution in [0.15, 0.2) is 194 Å². The minimum absolute atomic E-state index is 0.0134. The molecule has 11 atom stereocenters. The van der Waals surface area contributed by atoms with Gasteiger partial charge in [-0.25, -0.2) is 0 Å². The molecule has 6 aromatic rings. The first-order valence-electron chi connectivity index (χ1n) is 27.0. The summed E-state index contributed by atoms with van der Waals surface area (Å²) in [5, 5.41) is 10.0. The third-order valence-corrected chi connectivity index (χ3v) is 13.9. The number of hydrogen-bond acceptors (Lipinski definition) is 12. The minimum Gasteiger partial charge on any atom is -0.495 e. The van der Waals surface area contributed by atoms with Crippen molar-refractivity contribution in [2.24, 2.45) is 17.8 Å². The average Bonchev–Trinajstić information content (AvgIpc) is 3.46. The summed E-state index contributed by atoms with van der Waals surface area (Å²) in [4.78, 5) is 11.4. The molecule has 6 aromatic carbocycles. The van der Waals surface area contributed by atoms with Crippen molar-refractivity contribution < 1.29 is 57.3 Å². The van der Waals surface area contributed by atoms with E-state index in [1.165, 1.54) is 18.1 Å². The van der Waals surface area contributed by atoms with E-state index in [1.54, 1.807) is 6.26 Å². The van der Waals surface area contributed by atoms with Gasteiger partial charge < -0.3 is 52.5 Å². The molecule has 0 amide bonds. The molecule has 12 nitrogen and oxygen atoms in total. The summed E-state index contributed by atoms with van der Waals surface area (Å²) in [6.45, 7) is 12.5. The molecule has 3 heterocycles. The molecular formula is C65H78O12. The van der Waals surface area contributed by atoms with E-state index in [4.69, 9.17) is 47.4 Å². The smallest absolute Gasteiger partial charge is 0.304 e. The predicted octanol–water partition coefficient (Wildman–Crippen LogP) is 12.0. The van der Waals surface area contributed by atoms with Crippen molar-refractivity contribution in [3.63, 3.8) is 0 Å². The van der Waals surface area contributed by atoms with Crippen molar-refractivity contribution in [3.8, 4) is 0 Å². The van der Waals surface area contributed by atoms with Crippen LogP contribution in [0.25, 0.3) is 0 Å². The largest absolute Gasteiger partial charge is 0.495 e. The Morgan fingerprint density at radius 3 is 1.21 bits per heavy atom. The van der Waals surface area contributed by atoms with E-state index >= 15 is 0 Å². The highest BCUT2D eigenvalue weighted by Crippen LogP contribution is 2.31. The van der Waals surface area contributed by atoms with Gasteiger partial charge in [0.15, 0.2) is 6.29 Å². The molecule has 2 saturated heterocycles. The number of rotatable bonds is 22. The van der Waals surface area contributed by atoms with Crippen molar-refractivity contribution in [1.29, 1.82) is 0 Å². The van der Waals surface area contributed by atoms with Crippen molar-refractivity contribution >= 4 is 5.97 Å². The second kappa shape index (κ2) is 32.6. The molecule has 9 rings (SSSR count). The van der Waals surface area contributed by atoms with Gasteiger partial charge >= 0.3 is 5.97 Å².